The number of hydrogen-bond donors (Lipinski definition) is 1. The van der Waals surface area contributed by atoms with Crippen LogP contribution in [0.15, 0.2) is 22.7 Å². The highest BCUT2D eigenvalue weighted by atomic mass is 79.9. The minimum Gasteiger partial charge on any atom is -0.328 e. The quantitative estimate of drug-likeness (QED) is 0.928. The van der Waals surface area contributed by atoms with Crippen LogP contribution in [0.3, 0.4) is 0 Å². The van der Waals surface area contributed by atoms with Crippen LogP contribution in [0.25, 0.3) is 0 Å². The van der Waals surface area contributed by atoms with E-state index in [4.69, 9.17) is 5.73 Å². The zero-order chi connectivity index (χ0) is 13.1. The SMILES string of the molecule is Cc1ccc(CN2CCC(C(C)N)CC2)c(Br)c1. The summed E-state index contributed by atoms with van der Waals surface area (Å²) in [6.07, 6.45) is 2.47. The summed E-state index contributed by atoms with van der Waals surface area (Å²) in [5, 5.41) is 0. The molecule has 1 aliphatic rings. The summed E-state index contributed by atoms with van der Waals surface area (Å²) in [4.78, 5) is 2.54. The number of rotatable bonds is 3. The molecule has 0 aliphatic carbocycles. The van der Waals surface area contributed by atoms with E-state index in [1.54, 1.807) is 0 Å². The van der Waals surface area contributed by atoms with Crippen molar-refractivity contribution in [1.29, 1.82) is 0 Å². The van der Waals surface area contributed by atoms with E-state index in [9.17, 15) is 0 Å². The van der Waals surface area contributed by atoms with Crippen LogP contribution in [0.4, 0.5) is 0 Å². The summed E-state index contributed by atoms with van der Waals surface area (Å²) in [6.45, 7) is 7.66. The van der Waals surface area contributed by atoms with Gasteiger partial charge in [0.2, 0.25) is 0 Å². The number of nitrogens with two attached hydrogens (primary N) is 1. The van der Waals surface area contributed by atoms with Gasteiger partial charge in [-0.1, -0.05) is 28.1 Å². The highest BCUT2D eigenvalue weighted by molar-refractivity contribution is 9.10. The minimum absolute atomic E-state index is 0.346. The number of likely N-dealkylation sites (tertiary alicyclic amines) is 1. The van der Waals surface area contributed by atoms with E-state index in [0.717, 1.165) is 6.54 Å². The average molecular weight is 311 g/mol. The van der Waals surface area contributed by atoms with Crippen molar-refractivity contribution in [2.24, 2.45) is 11.7 Å². The first kappa shape index (κ1) is 14.0. The van der Waals surface area contributed by atoms with E-state index in [-0.39, 0.29) is 0 Å². The molecule has 18 heavy (non-hydrogen) atoms. The number of hydrogen-bond acceptors (Lipinski definition) is 2. The molecule has 0 aromatic heterocycles. The zero-order valence-corrected chi connectivity index (χ0v) is 12.9. The maximum Gasteiger partial charge on any atom is 0.0244 e. The molecule has 1 fully saturated rings. The van der Waals surface area contributed by atoms with Crippen LogP contribution >= 0.6 is 15.9 Å². The fraction of sp³-hybridized carbons (Fsp3) is 0.600. The molecule has 1 unspecified atom stereocenters. The van der Waals surface area contributed by atoms with Crippen LogP contribution in [0.5, 0.6) is 0 Å². The number of aryl methyl sites for hydroxylation is 1. The topological polar surface area (TPSA) is 29.3 Å². The molecule has 1 aromatic carbocycles. The Bertz CT molecular complexity index is 395. The van der Waals surface area contributed by atoms with Crippen LogP contribution in [-0.4, -0.2) is 24.0 Å². The van der Waals surface area contributed by atoms with Gasteiger partial charge < -0.3 is 5.73 Å². The molecule has 2 N–H and O–H groups in total. The van der Waals surface area contributed by atoms with E-state index in [0.29, 0.717) is 12.0 Å². The third kappa shape index (κ3) is 3.56. The van der Waals surface area contributed by atoms with Crippen molar-refractivity contribution in [3.63, 3.8) is 0 Å². The summed E-state index contributed by atoms with van der Waals surface area (Å²) in [5.41, 5.74) is 8.68. The van der Waals surface area contributed by atoms with Gasteiger partial charge in [-0.15, -0.1) is 0 Å². The molecule has 1 heterocycles. The molecule has 1 atom stereocenters. The van der Waals surface area contributed by atoms with Crippen molar-refractivity contribution in [3.8, 4) is 0 Å². The summed E-state index contributed by atoms with van der Waals surface area (Å²) in [5.74, 6) is 0.711. The van der Waals surface area contributed by atoms with E-state index in [1.165, 1.54) is 41.5 Å². The molecular weight excluding hydrogens is 288 g/mol. The number of halogens is 1. The Kier molecular flexibility index (Phi) is 4.82. The van der Waals surface area contributed by atoms with E-state index < -0.39 is 0 Å². The molecule has 100 valence electrons. The van der Waals surface area contributed by atoms with Crippen molar-refractivity contribution in [2.75, 3.05) is 13.1 Å². The molecule has 0 saturated carbocycles. The lowest BCUT2D eigenvalue weighted by Crippen LogP contribution is -2.39. The third-order valence-corrected chi connectivity index (χ3v) is 4.72. The number of benzene rings is 1. The zero-order valence-electron chi connectivity index (χ0n) is 11.3. The van der Waals surface area contributed by atoms with Crippen LogP contribution in [0.1, 0.15) is 30.9 Å². The van der Waals surface area contributed by atoms with Gasteiger partial charge in [-0.3, -0.25) is 4.90 Å². The summed E-state index contributed by atoms with van der Waals surface area (Å²) >= 11 is 3.66. The lowest BCUT2D eigenvalue weighted by atomic mass is 9.91. The molecule has 3 heteroatoms. The molecule has 0 amide bonds. The van der Waals surface area contributed by atoms with Gasteiger partial charge in [-0.05, 0) is 62.9 Å². The molecule has 1 saturated heterocycles. The van der Waals surface area contributed by atoms with Crippen molar-refractivity contribution in [1.82, 2.24) is 4.90 Å². The molecule has 1 aliphatic heterocycles. The van der Waals surface area contributed by atoms with Gasteiger partial charge in [-0.25, -0.2) is 0 Å². The van der Waals surface area contributed by atoms with Crippen molar-refractivity contribution < 1.29 is 0 Å². The lowest BCUT2D eigenvalue weighted by Gasteiger charge is -2.33. The van der Waals surface area contributed by atoms with Gasteiger partial charge in [-0.2, -0.15) is 0 Å². The van der Waals surface area contributed by atoms with Crippen LogP contribution < -0.4 is 5.73 Å². The standard InChI is InChI=1S/C15H23BrN2/c1-11-3-4-14(15(16)9-11)10-18-7-5-13(6-8-18)12(2)17/h3-4,9,12-13H,5-8,10,17H2,1-2H3. The van der Waals surface area contributed by atoms with Crippen molar-refractivity contribution in [3.05, 3.63) is 33.8 Å². The Morgan fingerprint density at radius 2 is 2.06 bits per heavy atom. The van der Waals surface area contributed by atoms with Crippen LogP contribution in [-0.2, 0) is 6.54 Å². The highest BCUT2D eigenvalue weighted by Crippen LogP contribution is 2.24. The molecule has 1 aromatic rings. The largest absolute Gasteiger partial charge is 0.328 e. The van der Waals surface area contributed by atoms with Crippen molar-refractivity contribution >= 4 is 15.9 Å². The summed E-state index contributed by atoms with van der Waals surface area (Å²) in [7, 11) is 0. The minimum atomic E-state index is 0.346. The first-order chi connectivity index (χ1) is 8.56. The maximum atomic E-state index is 5.98. The van der Waals surface area contributed by atoms with Gasteiger partial charge in [0.25, 0.3) is 0 Å². The van der Waals surface area contributed by atoms with E-state index >= 15 is 0 Å². The second-order valence-electron chi connectivity index (χ2n) is 5.57. The van der Waals surface area contributed by atoms with E-state index in [1.807, 2.05) is 0 Å². The highest BCUT2D eigenvalue weighted by Gasteiger charge is 2.22. The summed E-state index contributed by atoms with van der Waals surface area (Å²) < 4.78 is 1.23. The Hall–Kier alpha value is -0.380. The lowest BCUT2D eigenvalue weighted by molar-refractivity contribution is 0.165. The smallest absolute Gasteiger partial charge is 0.0244 e. The monoisotopic (exact) mass is 310 g/mol. The van der Waals surface area contributed by atoms with Gasteiger partial charge in [0.15, 0.2) is 0 Å². The second kappa shape index (κ2) is 6.18. The van der Waals surface area contributed by atoms with Crippen LogP contribution in [0, 0.1) is 12.8 Å². The average Bonchev–Trinajstić information content (AvgIpc) is 2.33. The molecule has 0 radical (unpaired) electrons. The van der Waals surface area contributed by atoms with Gasteiger partial charge in [0.05, 0.1) is 0 Å². The maximum absolute atomic E-state index is 5.98. The van der Waals surface area contributed by atoms with Crippen LogP contribution in [0.2, 0.25) is 0 Å². The fourth-order valence-corrected chi connectivity index (χ4v) is 3.28. The Labute approximate surface area is 119 Å². The van der Waals surface area contributed by atoms with Gasteiger partial charge in [0, 0.05) is 17.1 Å². The number of piperidine rings is 1. The molecule has 2 rings (SSSR count). The Morgan fingerprint density at radius 1 is 1.39 bits per heavy atom. The third-order valence-electron chi connectivity index (χ3n) is 3.98. The van der Waals surface area contributed by atoms with E-state index in [2.05, 4.69) is 52.9 Å². The normalized spacial score (nSPS) is 20.0. The van der Waals surface area contributed by atoms with Crippen molar-refractivity contribution in [2.45, 2.75) is 39.3 Å². The first-order valence-corrected chi connectivity index (χ1v) is 7.58. The summed E-state index contributed by atoms with van der Waals surface area (Å²) in [6, 6.07) is 6.97. The molecular formula is C15H23BrN2. The Morgan fingerprint density at radius 3 is 2.61 bits per heavy atom. The molecule has 2 nitrogen and oxygen atoms in total. The number of nitrogens with zero attached hydrogens (tertiary/aromatic N) is 1. The molecule has 0 bridgehead atoms. The predicted molar refractivity (Wildman–Crippen MR) is 80.5 cm³/mol. The first-order valence-electron chi connectivity index (χ1n) is 6.79. The van der Waals surface area contributed by atoms with Gasteiger partial charge >= 0.3 is 0 Å². The second-order valence-corrected chi connectivity index (χ2v) is 6.42. The predicted octanol–water partition coefficient (Wildman–Crippen LogP) is 3.32. The van der Waals surface area contributed by atoms with Gasteiger partial charge in [0.1, 0.15) is 0 Å². The fourth-order valence-electron chi connectivity index (χ4n) is 2.66. The molecule has 0 spiro atoms. The Balaban J connectivity index is 1.91.